The van der Waals surface area contributed by atoms with E-state index in [9.17, 15) is 10.1 Å². The van der Waals surface area contributed by atoms with E-state index in [0.29, 0.717) is 23.1 Å². The topological polar surface area (TPSA) is 56.6 Å². The van der Waals surface area contributed by atoms with E-state index in [0.717, 1.165) is 22.0 Å². The van der Waals surface area contributed by atoms with Crippen LogP contribution in [0.2, 0.25) is 5.02 Å². The normalized spacial score (nSPS) is 19.3. The number of ether oxygens (including phenoxy) is 1. The standard InChI is InChI=1S/C21H18ClN3O2S/c1-27-17-8-6-16(7-9-17)24-12-25-20(26)10-18(14-2-4-15(22)5-3-14)19(11-23)21(25)28-13-24/h2-9,18H,10,12-13H2,1H3. The highest BCUT2D eigenvalue weighted by atomic mass is 35.5. The lowest BCUT2D eigenvalue weighted by Crippen LogP contribution is -2.47. The highest BCUT2D eigenvalue weighted by Crippen LogP contribution is 2.43. The van der Waals surface area contributed by atoms with Gasteiger partial charge in [0.2, 0.25) is 5.91 Å². The molecule has 0 aromatic heterocycles. The number of allylic oxidation sites excluding steroid dienone is 1. The van der Waals surface area contributed by atoms with Crippen LogP contribution in [0, 0.1) is 11.3 Å². The quantitative estimate of drug-likeness (QED) is 0.740. The Kier molecular flexibility index (Phi) is 5.21. The molecule has 0 aliphatic carbocycles. The first-order valence-corrected chi connectivity index (χ1v) is 10.2. The number of hydrogen-bond acceptors (Lipinski definition) is 5. The molecule has 0 saturated carbocycles. The van der Waals surface area contributed by atoms with Crippen molar-refractivity contribution < 1.29 is 9.53 Å². The Morgan fingerprint density at radius 3 is 2.54 bits per heavy atom. The molecule has 1 saturated heterocycles. The van der Waals surface area contributed by atoms with Crippen LogP contribution in [0.1, 0.15) is 17.9 Å². The average molecular weight is 412 g/mol. The minimum Gasteiger partial charge on any atom is -0.497 e. The number of anilines is 1. The van der Waals surface area contributed by atoms with Crippen LogP contribution in [-0.4, -0.2) is 30.5 Å². The lowest BCUT2D eigenvalue weighted by Gasteiger charge is -2.42. The molecule has 1 unspecified atom stereocenters. The maximum atomic E-state index is 12.9. The molecule has 7 heteroatoms. The predicted molar refractivity (Wildman–Crippen MR) is 111 cm³/mol. The second-order valence-corrected chi connectivity index (χ2v) is 7.98. The minimum atomic E-state index is -0.221. The lowest BCUT2D eigenvalue weighted by atomic mass is 9.86. The summed E-state index contributed by atoms with van der Waals surface area (Å²) in [6.07, 6.45) is 0.283. The fourth-order valence-electron chi connectivity index (χ4n) is 3.50. The van der Waals surface area contributed by atoms with E-state index in [1.807, 2.05) is 36.4 Å². The summed E-state index contributed by atoms with van der Waals surface area (Å²) < 4.78 is 5.21. The maximum Gasteiger partial charge on any atom is 0.229 e. The number of fused-ring (bicyclic) bond motifs is 1. The van der Waals surface area contributed by atoms with Crippen LogP contribution in [-0.2, 0) is 4.79 Å². The highest BCUT2D eigenvalue weighted by molar-refractivity contribution is 8.03. The van der Waals surface area contributed by atoms with Crippen LogP contribution in [0.4, 0.5) is 5.69 Å². The van der Waals surface area contributed by atoms with Crippen molar-refractivity contribution in [2.75, 3.05) is 24.6 Å². The van der Waals surface area contributed by atoms with Crippen molar-refractivity contribution in [3.8, 4) is 11.8 Å². The number of nitriles is 1. The van der Waals surface area contributed by atoms with E-state index in [1.54, 1.807) is 24.1 Å². The molecule has 2 aromatic rings. The molecule has 1 amide bonds. The molecular formula is C21H18ClN3O2S. The largest absolute Gasteiger partial charge is 0.497 e. The third kappa shape index (κ3) is 3.44. The lowest BCUT2D eigenvalue weighted by molar-refractivity contribution is -0.129. The molecule has 142 valence electrons. The van der Waals surface area contributed by atoms with Gasteiger partial charge in [0, 0.05) is 23.0 Å². The predicted octanol–water partition coefficient (Wildman–Crippen LogP) is 4.57. The number of hydrogen-bond donors (Lipinski definition) is 0. The van der Waals surface area contributed by atoms with Crippen molar-refractivity contribution in [2.45, 2.75) is 12.3 Å². The summed E-state index contributed by atoms with van der Waals surface area (Å²) in [7, 11) is 1.63. The van der Waals surface area contributed by atoms with Crippen molar-refractivity contribution >= 4 is 35.0 Å². The molecule has 28 heavy (non-hydrogen) atoms. The number of halogens is 1. The fraction of sp³-hybridized carbons (Fsp3) is 0.238. The summed E-state index contributed by atoms with van der Waals surface area (Å²) in [6, 6.07) is 17.5. The van der Waals surface area contributed by atoms with Crippen molar-refractivity contribution in [1.29, 1.82) is 5.26 Å². The van der Waals surface area contributed by atoms with Crippen LogP contribution in [0.25, 0.3) is 0 Å². The highest BCUT2D eigenvalue weighted by Gasteiger charge is 2.38. The zero-order valence-electron chi connectivity index (χ0n) is 15.3. The van der Waals surface area contributed by atoms with Gasteiger partial charge >= 0.3 is 0 Å². The second-order valence-electron chi connectivity index (χ2n) is 6.61. The Bertz CT molecular complexity index is 967. The first-order chi connectivity index (χ1) is 13.6. The van der Waals surface area contributed by atoms with Gasteiger partial charge in [0.05, 0.1) is 36.3 Å². The first-order valence-electron chi connectivity index (χ1n) is 8.82. The molecular weight excluding hydrogens is 394 g/mol. The zero-order chi connectivity index (χ0) is 19.7. The molecule has 1 atom stereocenters. The van der Waals surface area contributed by atoms with Gasteiger partial charge in [-0.05, 0) is 42.0 Å². The van der Waals surface area contributed by atoms with Gasteiger partial charge in [-0.25, -0.2) is 0 Å². The molecule has 2 aliphatic rings. The van der Waals surface area contributed by atoms with E-state index in [1.165, 1.54) is 11.8 Å². The van der Waals surface area contributed by atoms with Gasteiger partial charge in [-0.1, -0.05) is 35.5 Å². The molecule has 0 radical (unpaired) electrons. The first kappa shape index (κ1) is 18.7. The Labute approximate surface area is 173 Å². The maximum absolute atomic E-state index is 12.9. The van der Waals surface area contributed by atoms with Crippen LogP contribution in [0.5, 0.6) is 5.75 Å². The minimum absolute atomic E-state index is 0.0275. The van der Waals surface area contributed by atoms with Gasteiger partial charge in [-0.3, -0.25) is 9.69 Å². The molecule has 0 N–H and O–H groups in total. The Balaban J connectivity index is 1.62. The average Bonchev–Trinajstić information content (AvgIpc) is 2.74. The number of rotatable bonds is 3. The van der Waals surface area contributed by atoms with Crippen LogP contribution in [0.15, 0.2) is 59.1 Å². The van der Waals surface area contributed by atoms with Crippen LogP contribution >= 0.6 is 23.4 Å². The SMILES string of the molecule is COc1ccc(N2CSC3=C(C#N)C(c4ccc(Cl)cc4)CC(=O)N3C2)cc1. The van der Waals surface area contributed by atoms with Gasteiger partial charge in [0.1, 0.15) is 5.75 Å². The van der Waals surface area contributed by atoms with Gasteiger partial charge in [-0.15, -0.1) is 0 Å². The smallest absolute Gasteiger partial charge is 0.229 e. The number of methoxy groups -OCH3 is 1. The number of thioether (sulfide) groups is 1. The van der Waals surface area contributed by atoms with Crippen molar-refractivity contribution in [1.82, 2.24) is 4.90 Å². The van der Waals surface area contributed by atoms with Crippen LogP contribution in [0.3, 0.4) is 0 Å². The van der Waals surface area contributed by atoms with Gasteiger partial charge in [-0.2, -0.15) is 5.26 Å². The Morgan fingerprint density at radius 2 is 1.89 bits per heavy atom. The Hall–Kier alpha value is -2.62. The van der Waals surface area contributed by atoms with E-state index in [4.69, 9.17) is 16.3 Å². The summed E-state index contributed by atoms with van der Waals surface area (Å²) >= 11 is 7.51. The molecule has 4 rings (SSSR count). The summed E-state index contributed by atoms with van der Waals surface area (Å²) in [4.78, 5) is 16.8. The number of carbonyl (C=O) groups is 1. The molecule has 0 spiro atoms. The number of nitrogens with zero attached hydrogens (tertiary/aromatic N) is 3. The number of carbonyl (C=O) groups excluding carboxylic acids is 1. The van der Waals surface area contributed by atoms with Crippen molar-refractivity contribution in [3.05, 3.63) is 69.7 Å². The third-order valence-corrected chi connectivity index (χ3v) is 6.41. The van der Waals surface area contributed by atoms with Crippen molar-refractivity contribution in [2.24, 2.45) is 0 Å². The number of benzene rings is 2. The molecule has 2 aromatic carbocycles. The van der Waals surface area contributed by atoms with Gasteiger partial charge in [0.25, 0.3) is 0 Å². The monoisotopic (exact) mass is 411 g/mol. The molecule has 5 nitrogen and oxygen atoms in total. The van der Waals surface area contributed by atoms with Crippen LogP contribution < -0.4 is 9.64 Å². The Morgan fingerprint density at radius 1 is 1.18 bits per heavy atom. The van der Waals surface area contributed by atoms with E-state index >= 15 is 0 Å². The molecule has 2 heterocycles. The molecule has 1 fully saturated rings. The molecule has 0 bridgehead atoms. The van der Waals surface area contributed by atoms with E-state index in [-0.39, 0.29) is 18.2 Å². The zero-order valence-corrected chi connectivity index (χ0v) is 16.8. The summed E-state index contributed by atoms with van der Waals surface area (Å²) in [5.74, 6) is 1.27. The fourth-order valence-corrected chi connectivity index (χ4v) is 4.79. The summed E-state index contributed by atoms with van der Waals surface area (Å²) in [5.41, 5.74) is 2.61. The second kappa shape index (κ2) is 7.78. The van der Waals surface area contributed by atoms with Gasteiger partial charge in [0.15, 0.2) is 0 Å². The number of amides is 1. The molecule has 2 aliphatic heterocycles. The summed E-state index contributed by atoms with van der Waals surface area (Å²) in [5, 5.41) is 11.2. The third-order valence-electron chi connectivity index (χ3n) is 5.00. The van der Waals surface area contributed by atoms with Crippen molar-refractivity contribution in [3.63, 3.8) is 0 Å². The van der Waals surface area contributed by atoms with Gasteiger partial charge < -0.3 is 9.64 Å². The van der Waals surface area contributed by atoms with E-state index in [2.05, 4.69) is 11.0 Å². The van der Waals surface area contributed by atoms with E-state index < -0.39 is 0 Å². The summed E-state index contributed by atoms with van der Waals surface area (Å²) in [6.45, 7) is 0.437.